The van der Waals surface area contributed by atoms with Gasteiger partial charge in [0.05, 0.1) is 0 Å². The number of amides is 1. The van der Waals surface area contributed by atoms with Crippen LogP contribution in [0.2, 0.25) is 0 Å². The van der Waals surface area contributed by atoms with E-state index < -0.39 is 0 Å². The van der Waals surface area contributed by atoms with Gasteiger partial charge in [0.1, 0.15) is 10.9 Å². The molecule has 1 aromatic heterocycles. The maximum atomic E-state index is 11.2. The third-order valence-corrected chi connectivity index (χ3v) is 3.19. The number of nitrogens with zero attached hydrogens (tertiary/aromatic N) is 1. The van der Waals surface area contributed by atoms with Crippen molar-refractivity contribution in [2.45, 2.75) is 20.4 Å². The Labute approximate surface area is 106 Å². The van der Waals surface area contributed by atoms with E-state index in [1.54, 1.807) is 0 Å². The van der Waals surface area contributed by atoms with Gasteiger partial charge in [-0.05, 0) is 12.1 Å². The Hall–Kier alpha value is -1.38. The molecule has 0 aromatic carbocycles. The molecule has 2 N–H and O–H groups in total. The summed E-state index contributed by atoms with van der Waals surface area (Å²) < 4.78 is 0. The molecule has 0 saturated carbocycles. The van der Waals surface area contributed by atoms with E-state index in [9.17, 15) is 4.79 Å². The van der Waals surface area contributed by atoms with Crippen LogP contribution in [0.5, 0.6) is 0 Å². The first kappa shape index (κ1) is 13.7. The molecule has 4 nitrogen and oxygen atoms in total. The first-order valence-electron chi connectivity index (χ1n) is 5.60. The van der Waals surface area contributed by atoms with Crippen LogP contribution in [0.25, 0.3) is 0 Å². The van der Waals surface area contributed by atoms with Gasteiger partial charge in [-0.25, -0.2) is 0 Å². The van der Waals surface area contributed by atoms with Gasteiger partial charge in [-0.15, -0.1) is 11.3 Å². The predicted molar refractivity (Wildman–Crippen MR) is 68.6 cm³/mol. The van der Waals surface area contributed by atoms with Crippen LogP contribution in [0.15, 0.2) is 12.1 Å². The Morgan fingerprint density at radius 1 is 1.47 bits per heavy atom. The number of hydrogen-bond acceptors (Lipinski definition) is 4. The molecule has 0 saturated heterocycles. The Kier molecular flexibility index (Phi) is 5.67. The third kappa shape index (κ3) is 4.98. The second-order valence-electron chi connectivity index (χ2n) is 4.00. The zero-order chi connectivity index (χ0) is 12.7. The van der Waals surface area contributed by atoms with Gasteiger partial charge in [-0.3, -0.25) is 4.79 Å². The van der Waals surface area contributed by atoms with Crippen molar-refractivity contribution >= 4 is 17.2 Å². The van der Waals surface area contributed by atoms with Gasteiger partial charge in [0.25, 0.3) is 0 Å². The molecule has 1 amide bonds. The number of nitriles is 1. The summed E-state index contributed by atoms with van der Waals surface area (Å²) in [6.45, 7) is 5.85. The van der Waals surface area contributed by atoms with Crippen LogP contribution < -0.4 is 10.6 Å². The summed E-state index contributed by atoms with van der Waals surface area (Å²) in [7, 11) is 0. The summed E-state index contributed by atoms with van der Waals surface area (Å²) in [6, 6.07) is 5.88. The van der Waals surface area contributed by atoms with Gasteiger partial charge in [0, 0.05) is 30.4 Å². The average Bonchev–Trinajstić information content (AvgIpc) is 2.76. The number of thiophene rings is 1. The van der Waals surface area contributed by atoms with Crippen LogP contribution in [0.4, 0.5) is 0 Å². The van der Waals surface area contributed by atoms with E-state index in [1.165, 1.54) is 11.3 Å². The van der Waals surface area contributed by atoms with E-state index >= 15 is 0 Å². The normalized spacial score (nSPS) is 10.2. The molecule has 0 aliphatic rings. The fourth-order valence-electron chi connectivity index (χ4n) is 1.22. The fourth-order valence-corrected chi connectivity index (χ4v) is 2.00. The third-order valence-electron chi connectivity index (χ3n) is 2.20. The Bertz CT molecular complexity index is 406. The number of carbonyl (C=O) groups is 1. The summed E-state index contributed by atoms with van der Waals surface area (Å²) >= 11 is 1.49. The molecule has 0 unspecified atom stereocenters. The quantitative estimate of drug-likeness (QED) is 0.753. The van der Waals surface area contributed by atoms with Crippen molar-refractivity contribution in [3.05, 3.63) is 21.9 Å². The highest BCUT2D eigenvalue weighted by Crippen LogP contribution is 2.14. The van der Waals surface area contributed by atoms with Crippen LogP contribution >= 0.6 is 11.3 Å². The summed E-state index contributed by atoms with van der Waals surface area (Å²) in [5.41, 5.74) is 0. The van der Waals surface area contributed by atoms with Crippen molar-refractivity contribution < 1.29 is 4.79 Å². The first-order valence-corrected chi connectivity index (χ1v) is 6.42. The highest BCUT2D eigenvalue weighted by atomic mass is 32.1. The number of nitrogens with one attached hydrogen (secondary N) is 2. The Morgan fingerprint density at radius 2 is 2.24 bits per heavy atom. The molecule has 0 aliphatic carbocycles. The van der Waals surface area contributed by atoms with Gasteiger partial charge in [-0.2, -0.15) is 5.26 Å². The molecule has 0 fully saturated rings. The van der Waals surface area contributed by atoms with Gasteiger partial charge < -0.3 is 10.6 Å². The van der Waals surface area contributed by atoms with E-state index in [2.05, 4.69) is 16.7 Å². The van der Waals surface area contributed by atoms with Crippen molar-refractivity contribution in [3.8, 4) is 6.07 Å². The molecular weight excluding hydrogens is 234 g/mol. The summed E-state index contributed by atoms with van der Waals surface area (Å²) in [5.74, 6) is 0.111. The lowest BCUT2D eigenvalue weighted by Gasteiger charge is -2.07. The van der Waals surface area contributed by atoms with Crippen molar-refractivity contribution in [1.82, 2.24) is 10.6 Å². The van der Waals surface area contributed by atoms with Crippen molar-refractivity contribution in [2.75, 3.05) is 13.1 Å². The summed E-state index contributed by atoms with van der Waals surface area (Å²) in [6.07, 6.45) is 0. The Balaban J connectivity index is 2.12. The van der Waals surface area contributed by atoms with Crippen molar-refractivity contribution in [3.63, 3.8) is 0 Å². The van der Waals surface area contributed by atoms with Crippen molar-refractivity contribution in [1.29, 1.82) is 5.26 Å². The topological polar surface area (TPSA) is 64.9 Å². The molecular formula is C12H17N3OS. The molecule has 0 spiro atoms. The molecule has 17 heavy (non-hydrogen) atoms. The molecule has 1 heterocycles. The van der Waals surface area contributed by atoms with Gasteiger partial charge >= 0.3 is 0 Å². The largest absolute Gasteiger partial charge is 0.355 e. The minimum absolute atomic E-state index is 0.0329. The van der Waals surface area contributed by atoms with Crippen LogP contribution in [0.1, 0.15) is 23.6 Å². The van der Waals surface area contributed by atoms with E-state index in [-0.39, 0.29) is 11.8 Å². The van der Waals surface area contributed by atoms with E-state index in [0.717, 1.165) is 22.8 Å². The van der Waals surface area contributed by atoms with Crippen molar-refractivity contribution in [2.24, 2.45) is 5.92 Å². The first-order chi connectivity index (χ1) is 8.13. The number of carbonyl (C=O) groups excluding carboxylic acids is 1. The zero-order valence-electron chi connectivity index (χ0n) is 10.1. The van der Waals surface area contributed by atoms with E-state index in [1.807, 2.05) is 26.0 Å². The molecule has 92 valence electrons. The lowest BCUT2D eigenvalue weighted by atomic mass is 10.2. The molecule has 0 aliphatic heterocycles. The average molecular weight is 251 g/mol. The maximum Gasteiger partial charge on any atom is 0.222 e. The van der Waals surface area contributed by atoms with Crippen LogP contribution in [-0.2, 0) is 11.3 Å². The molecule has 5 heteroatoms. The highest BCUT2D eigenvalue weighted by molar-refractivity contribution is 7.12. The molecule has 0 radical (unpaired) electrons. The summed E-state index contributed by atoms with van der Waals surface area (Å²) in [5, 5.41) is 14.7. The fraction of sp³-hybridized carbons (Fsp3) is 0.500. The maximum absolute atomic E-state index is 11.2. The smallest absolute Gasteiger partial charge is 0.222 e. The number of hydrogen-bond donors (Lipinski definition) is 2. The van der Waals surface area contributed by atoms with Crippen LogP contribution in [0, 0.1) is 17.2 Å². The SMILES string of the molecule is CC(C)C(=O)NCCNCc1ccc(C#N)s1. The standard InChI is InChI=1S/C12H17N3OS/c1-9(2)12(16)15-6-5-14-8-11-4-3-10(7-13)17-11/h3-4,9,14H,5-6,8H2,1-2H3,(H,15,16). The van der Waals surface area contributed by atoms with Gasteiger partial charge in [0.15, 0.2) is 0 Å². The van der Waals surface area contributed by atoms with Gasteiger partial charge in [0.2, 0.25) is 5.91 Å². The minimum atomic E-state index is 0.0329. The monoisotopic (exact) mass is 251 g/mol. The molecule has 0 bridgehead atoms. The lowest BCUT2D eigenvalue weighted by Crippen LogP contribution is -2.33. The molecule has 1 aromatic rings. The van der Waals surface area contributed by atoms with Crippen LogP contribution in [-0.4, -0.2) is 19.0 Å². The number of rotatable bonds is 6. The van der Waals surface area contributed by atoms with E-state index in [4.69, 9.17) is 5.26 Å². The molecule has 1 rings (SSSR count). The molecule has 0 atom stereocenters. The van der Waals surface area contributed by atoms with Crippen LogP contribution in [0.3, 0.4) is 0 Å². The second kappa shape index (κ2) is 7.05. The Morgan fingerprint density at radius 3 is 2.82 bits per heavy atom. The summed E-state index contributed by atoms with van der Waals surface area (Å²) in [4.78, 5) is 13.1. The van der Waals surface area contributed by atoms with E-state index in [0.29, 0.717) is 6.54 Å². The highest BCUT2D eigenvalue weighted by Gasteiger charge is 2.04. The zero-order valence-corrected chi connectivity index (χ0v) is 10.9. The minimum Gasteiger partial charge on any atom is -0.355 e. The van der Waals surface area contributed by atoms with Gasteiger partial charge in [-0.1, -0.05) is 13.8 Å². The second-order valence-corrected chi connectivity index (χ2v) is 5.17. The predicted octanol–water partition coefficient (Wildman–Crippen LogP) is 1.48. The lowest BCUT2D eigenvalue weighted by molar-refractivity contribution is -0.123.